The first-order valence-corrected chi connectivity index (χ1v) is 9.16. The van der Waals surface area contributed by atoms with Crippen LogP contribution in [0.25, 0.3) is 0 Å². The molecule has 118 valence electrons. The minimum atomic E-state index is -0.714. The number of carbonyl (C=O) groups excluding carboxylic acids is 1. The number of thioether (sulfide) groups is 1. The first kappa shape index (κ1) is 16.9. The Bertz CT molecular complexity index is 535. The molecule has 1 amide bonds. The molecule has 22 heavy (non-hydrogen) atoms. The van der Waals surface area contributed by atoms with E-state index >= 15 is 0 Å². The van der Waals surface area contributed by atoms with Gasteiger partial charge in [0, 0.05) is 5.41 Å². The highest BCUT2D eigenvalue weighted by molar-refractivity contribution is 8.03. The summed E-state index contributed by atoms with van der Waals surface area (Å²) in [5.41, 5.74) is 0.119. The number of hydrogen-bond donors (Lipinski definition) is 1. The Labute approximate surface area is 136 Å². The van der Waals surface area contributed by atoms with Crippen LogP contribution in [0.5, 0.6) is 0 Å². The molecule has 2 aliphatic rings. The molecule has 1 heterocycles. The topological polar surface area (TPSA) is 76.7 Å². The van der Waals surface area contributed by atoms with Gasteiger partial charge in [-0.25, -0.2) is 0 Å². The molecule has 0 aromatic carbocycles. The van der Waals surface area contributed by atoms with E-state index < -0.39 is 11.3 Å². The predicted octanol–water partition coefficient (Wildman–Crippen LogP) is 3.87. The van der Waals surface area contributed by atoms with Gasteiger partial charge in [-0.15, -0.1) is 11.8 Å². The Morgan fingerprint density at radius 1 is 1.27 bits per heavy atom. The van der Waals surface area contributed by atoms with Crippen LogP contribution < -0.4 is 5.32 Å². The molecule has 0 aromatic heterocycles. The van der Waals surface area contributed by atoms with Gasteiger partial charge in [0.15, 0.2) is 0 Å². The molecule has 0 aromatic rings. The van der Waals surface area contributed by atoms with Crippen molar-refractivity contribution in [3.63, 3.8) is 0 Å². The number of nitriles is 2. The molecule has 5 heteroatoms. The van der Waals surface area contributed by atoms with Crippen LogP contribution in [0, 0.1) is 34.0 Å². The molecular formula is C17H23N3OS. The first-order chi connectivity index (χ1) is 10.7. The summed E-state index contributed by atoms with van der Waals surface area (Å²) in [6.45, 7) is 2.18. The Balaban J connectivity index is 2.19. The number of nitrogens with one attached hydrogen (secondary N) is 1. The largest absolute Gasteiger partial charge is 0.319 e. The summed E-state index contributed by atoms with van der Waals surface area (Å²) < 4.78 is 0. The summed E-state index contributed by atoms with van der Waals surface area (Å²) in [5.74, 6) is -0.0257. The fourth-order valence-corrected chi connectivity index (χ4v) is 4.69. The predicted molar refractivity (Wildman–Crippen MR) is 87.4 cm³/mol. The molecule has 1 spiro atoms. The standard InChI is InChI=1S/C17H23N3OS/c1-2-3-4-7-10-22-16-14(12-19)17(8-5-6-9-17)13(11-18)15(21)20-16/h13H,2-10H2,1H3,(H,20,21)/t13-/m1/s1. The summed E-state index contributed by atoms with van der Waals surface area (Å²) >= 11 is 1.57. The number of unbranched alkanes of at least 4 members (excludes halogenated alkanes) is 3. The zero-order chi connectivity index (χ0) is 16.0. The number of nitrogens with zero attached hydrogens (tertiary/aromatic N) is 2. The molecule has 1 N–H and O–H groups in total. The van der Waals surface area contributed by atoms with Gasteiger partial charge < -0.3 is 5.32 Å². The van der Waals surface area contributed by atoms with E-state index in [-0.39, 0.29) is 5.91 Å². The smallest absolute Gasteiger partial charge is 0.243 e. The summed E-state index contributed by atoms with van der Waals surface area (Å²) in [4.78, 5) is 12.3. The average molecular weight is 317 g/mol. The fourth-order valence-electron chi connectivity index (χ4n) is 3.57. The van der Waals surface area contributed by atoms with Gasteiger partial charge in [0.2, 0.25) is 5.91 Å². The van der Waals surface area contributed by atoms with Crippen molar-refractivity contribution in [2.75, 3.05) is 5.75 Å². The fraction of sp³-hybridized carbons (Fsp3) is 0.706. The van der Waals surface area contributed by atoms with Gasteiger partial charge in [0.25, 0.3) is 0 Å². The number of hydrogen-bond acceptors (Lipinski definition) is 4. The molecular weight excluding hydrogens is 294 g/mol. The molecule has 0 unspecified atom stereocenters. The van der Waals surface area contributed by atoms with Crippen molar-refractivity contribution in [1.29, 1.82) is 10.5 Å². The van der Waals surface area contributed by atoms with Crippen LogP contribution in [0.3, 0.4) is 0 Å². The van der Waals surface area contributed by atoms with E-state index in [0.29, 0.717) is 10.6 Å². The Hall–Kier alpha value is -1.46. The van der Waals surface area contributed by atoms with Crippen LogP contribution in [0.4, 0.5) is 0 Å². The minimum Gasteiger partial charge on any atom is -0.319 e. The lowest BCUT2D eigenvalue weighted by atomic mass is 9.67. The second-order valence-corrected chi connectivity index (χ2v) is 7.24. The highest BCUT2D eigenvalue weighted by Crippen LogP contribution is 2.53. The van der Waals surface area contributed by atoms with E-state index in [4.69, 9.17) is 0 Å². The number of amides is 1. The molecule has 1 saturated carbocycles. The summed E-state index contributed by atoms with van der Waals surface area (Å²) in [6, 6.07) is 4.47. The van der Waals surface area contributed by atoms with Crippen molar-refractivity contribution in [3.05, 3.63) is 10.6 Å². The maximum Gasteiger partial charge on any atom is 0.243 e. The third kappa shape index (κ3) is 3.15. The van der Waals surface area contributed by atoms with Gasteiger partial charge in [-0.05, 0) is 25.0 Å². The Morgan fingerprint density at radius 2 is 2.00 bits per heavy atom. The third-order valence-electron chi connectivity index (χ3n) is 4.76. The minimum absolute atomic E-state index is 0.223. The molecule has 2 rings (SSSR count). The van der Waals surface area contributed by atoms with Gasteiger partial charge in [0.05, 0.1) is 22.7 Å². The van der Waals surface area contributed by atoms with Crippen molar-refractivity contribution in [3.8, 4) is 12.1 Å². The molecule has 1 aliphatic carbocycles. The van der Waals surface area contributed by atoms with Crippen molar-refractivity contribution >= 4 is 17.7 Å². The van der Waals surface area contributed by atoms with Crippen molar-refractivity contribution in [2.24, 2.45) is 11.3 Å². The van der Waals surface area contributed by atoms with E-state index in [9.17, 15) is 15.3 Å². The highest BCUT2D eigenvalue weighted by atomic mass is 32.2. The third-order valence-corrected chi connectivity index (χ3v) is 5.85. The van der Waals surface area contributed by atoms with Gasteiger partial charge in [-0.3, -0.25) is 4.79 Å². The van der Waals surface area contributed by atoms with Crippen molar-refractivity contribution < 1.29 is 4.79 Å². The second-order valence-electron chi connectivity index (χ2n) is 6.14. The Kier molecular flexibility index (Phi) is 5.91. The van der Waals surface area contributed by atoms with Gasteiger partial charge >= 0.3 is 0 Å². The SMILES string of the molecule is CCCCCCSC1=C(C#N)C2(CCCC2)[C@H](C#N)C(=O)N1. The van der Waals surface area contributed by atoms with E-state index in [1.54, 1.807) is 11.8 Å². The monoisotopic (exact) mass is 317 g/mol. The molecule has 1 fully saturated rings. The van der Waals surface area contributed by atoms with E-state index in [2.05, 4.69) is 24.4 Å². The summed E-state index contributed by atoms with van der Waals surface area (Å²) in [6.07, 6.45) is 8.22. The number of carbonyl (C=O) groups is 1. The average Bonchev–Trinajstić information content (AvgIpc) is 2.97. The summed E-state index contributed by atoms with van der Waals surface area (Å²) in [5, 5.41) is 22.6. The lowest BCUT2D eigenvalue weighted by molar-refractivity contribution is -0.126. The highest BCUT2D eigenvalue weighted by Gasteiger charge is 2.52. The van der Waals surface area contributed by atoms with E-state index in [1.807, 2.05) is 0 Å². The number of rotatable bonds is 6. The van der Waals surface area contributed by atoms with Crippen LogP contribution >= 0.6 is 11.8 Å². The zero-order valence-electron chi connectivity index (χ0n) is 13.2. The molecule has 0 radical (unpaired) electrons. The first-order valence-electron chi connectivity index (χ1n) is 8.17. The van der Waals surface area contributed by atoms with E-state index in [0.717, 1.165) is 37.9 Å². The quantitative estimate of drug-likeness (QED) is 0.754. The van der Waals surface area contributed by atoms with Crippen LogP contribution in [0.1, 0.15) is 58.3 Å². The van der Waals surface area contributed by atoms with E-state index in [1.165, 1.54) is 19.3 Å². The molecule has 4 nitrogen and oxygen atoms in total. The Morgan fingerprint density at radius 3 is 2.59 bits per heavy atom. The van der Waals surface area contributed by atoms with Crippen molar-refractivity contribution in [1.82, 2.24) is 5.32 Å². The van der Waals surface area contributed by atoms with Crippen LogP contribution in [-0.2, 0) is 4.79 Å². The second kappa shape index (κ2) is 7.70. The van der Waals surface area contributed by atoms with Crippen LogP contribution in [-0.4, -0.2) is 11.7 Å². The van der Waals surface area contributed by atoms with Crippen LogP contribution in [0.15, 0.2) is 10.6 Å². The molecule has 1 atom stereocenters. The molecule has 0 saturated heterocycles. The van der Waals surface area contributed by atoms with Crippen LogP contribution in [0.2, 0.25) is 0 Å². The maximum absolute atomic E-state index is 12.3. The number of allylic oxidation sites excluding steroid dienone is 1. The normalized spacial score (nSPS) is 23.2. The molecule has 1 aliphatic heterocycles. The maximum atomic E-state index is 12.3. The summed E-state index contributed by atoms with van der Waals surface area (Å²) in [7, 11) is 0. The zero-order valence-corrected chi connectivity index (χ0v) is 14.0. The lowest BCUT2D eigenvalue weighted by Crippen LogP contribution is -2.46. The van der Waals surface area contributed by atoms with Gasteiger partial charge in [0.1, 0.15) is 5.92 Å². The molecule has 0 bridgehead atoms. The van der Waals surface area contributed by atoms with Gasteiger partial charge in [-0.2, -0.15) is 10.5 Å². The lowest BCUT2D eigenvalue weighted by Gasteiger charge is -2.37. The van der Waals surface area contributed by atoms with Crippen molar-refractivity contribution in [2.45, 2.75) is 58.3 Å². The van der Waals surface area contributed by atoms with Gasteiger partial charge in [-0.1, -0.05) is 39.0 Å².